The number of aromatic amines is 1. The maximum atomic E-state index is 12.7. The third-order valence-electron chi connectivity index (χ3n) is 4.82. The predicted molar refractivity (Wildman–Crippen MR) is 94.1 cm³/mol. The van der Waals surface area contributed by atoms with E-state index in [1.165, 1.54) is 11.8 Å². The molecule has 0 radical (unpaired) electrons. The zero-order chi connectivity index (χ0) is 16.7. The van der Waals surface area contributed by atoms with E-state index in [4.69, 9.17) is 0 Å². The SMILES string of the molecule is CC1Cc2ccccc2C1NC(=O)c1c[nH]c2ccccc2c1=O. The highest BCUT2D eigenvalue weighted by Crippen LogP contribution is 2.35. The maximum absolute atomic E-state index is 12.7. The molecule has 120 valence electrons. The van der Waals surface area contributed by atoms with Gasteiger partial charge in [-0.25, -0.2) is 0 Å². The van der Waals surface area contributed by atoms with Crippen LogP contribution in [-0.4, -0.2) is 10.9 Å². The standard InChI is InChI=1S/C20H18N2O2/c1-12-10-13-6-2-3-7-14(13)18(12)22-20(24)16-11-21-17-9-5-4-8-15(17)19(16)23/h2-9,11-12,18H,10H2,1H3,(H,21,23)(H,22,24). The number of rotatable bonds is 2. The molecule has 4 rings (SSSR count). The Bertz CT molecular complexity index is 990. The summed E-state index contributed by atoms with van der Waals surface area (Å²) in [5, 5.41) is 3.58. The van der Waals surface area contributed by atoms with Crippen LogP contribution in [0.5, 0.6) is 0 Å². The zero-order valence-corrected chi connectivity index (χ0v) is 13.4. The highest BCUT2D eigenvalue weighted by molar-refractivity contribution is 5.97. The Morgan fingerprint density at radius 1 is 1.12 bits per heavy atom. The first-order valence-electron chi connectivity index (χ1n) is 8.14. The number of hydrogen-bond donors (Lipinski definition) is 2. The molecule has 1 aliphatic rings. The smallest absolute Gasteiger partial charge is 0.257 e. The van der Waals surface area contributed by atoms with Crippen molar-refractivity contribution in [2.45, 2.75) is 19.4 Å². The first-order chi connectivity index (χ1) is 11.6. The Labute approximate surface area is 139 Å². The van der Waals surface area contributed by atoms with Crippen molar-refractivity contribution < 1.29 is 4.79 Å². The summed E-state index contributed by atoms with van der Waals surface area (Å²) in [7, 11) is 0. The fourth-order valence-electron chi connectivity index (χ4n) is 3.57. The lowest BCUT2D eigenvalue weighted by molar-refractivity contribution is 0.0926. The molecular weight excluding hydrogens is 300 g/mol. The predicted octanol–water partition coefficient (Wildman–Crippen LogP) is 3.19. The number of fused-ring (bicyclic) bond motifs is 2. The van der Waals surface area contributed by atoms with Gasteiger partial charge in [-0.1, -0.05) is 43.3 Å². The van der Waals surface area contributed by atoms with Gasteiger partial charge in [-0.3, -0.25) is 9.59 Å². The van der Waals surface area contributed by atoms with Gasteiger partial charge in [-0.15, -0.1) is 0 Å². The van der Waals surface area contributed by atoms with Crippen LogP contribution in [0.1, 0.15) is 34.5 Å². The summed E-state index contributed by atoms with van der Waals surface area (Å²) in [4.78, 5) is 28.3. The van der Waals surface area contributed by atoms with Gasteiger partial charge in [-0.05, 0) is 35.6 Å². The van der Waals surface area contributed by atoms with Crippen molar-refractivity contribution in [3.63, 3.8) is 0 Å². The molecule has 4 heteroatoms. The Morgan fingerprint density at radius 2 is 1.88 bits per heavy atom. The zero-order valence-electron chi connectivity index (χ0n) is 13.4. The van der Waals surface area contributed by atoms with Gasteiger partial charge in [0.2, 0.25) is 5.43 Å². The van der Waals surface area contributed by atoms with E-state index in [-0.39, 0.29) is 22.9 Å². The fraction of sp³-hybridized carbons (Fsp3) is 0.200. The third-order valence-corrected chi connectivity index (χ3v) is 4.82. The molecule has 1 amide bonds. The summed E-state index contributed by atoms with van der Waals surface area (Å²) in [5.41, 5.74) is 3.07. The van der Waals surface area contributed by atoms with Crippen molar-refractivity contribution >= 4 is 16.8 Å². The normalized spacial score (nSPS) is 19.2. The summed E-state index contributed by atoms with van der Waals surface area (Å²) in [6.07, 6.45) is 2.45. The summed E-state index contributed by atoms with van der Waals surface area (Å²) in [6.45, 7) is 2.12. The van der Waals surface area contributed by atoms with Crippen molar-refractivity contribution in [2.75, 3.05) is 0 Å². The highest BCUT2D eigenvalue weighted by atomic mass is 16.2. The highest BCUT2D eigenvalue weighted by Gasteiger charge is 2.30. The van der Waals surface area contributed by atoms with Crippen LogP contribution in [0.25, 0.3) is 10.9 Å². The number of hydrogen-bond acceptors (Lipinski definition) is 2. The van der Waals surface area contributed by atoms with E-state index in [2.05, 4.69) is 29.4 Å². The lowest BCUT2D eigenvalue weighted by atomic mass is 10.0. The molecule has 2 unspecified atom stereocenters. The molecule has 1 heterocycles. The van der Waals surface area contributed by atoms with Crippen LogP contribution < -0.4 is 10.7 Å². The minimum absolute atomic E-state index is 0.0560. The van der Waals surface area contributed by atoms with E-state index < -0.39 is 0 Å². The van der Waals surface area contributed by atoms with E-state index in [1.54, 1.807) is 12.1 Å². The van der Waals surface area contributed by atoms with Crippen LogP contribution in [-0.2, 0) is 6.42 Å². The van der Waals surface area contributed by atoms with Crippen LogP contribution in [0.4, 0.5) is 0 Å². The average Bonchev–Trinajstić information content (AvgIpc) is 2.91. The lowest BCUT2D eigenvalue weighted by Gasteiger charge is -2.18. The van der Waals surface area contributed by atoms with E-state index >= 15 is 0 Å². The number of carbonyl (C=O) groups is 1. The molecule has 0 aliphatic heterocycles. The number of amides is 1. The van der Waals surface area contributed by atoms with Crippen LogP contribution in [0.2, 0.25) is 0 Å². The largest absolute Gasteiger partial charge is 0.360 e. The Morgan fingerprint density at radius 3 is 2.75 bits per heavy atom. The monoisotopic (exact) mass is 318 g/mol. The first kappa shape index (κ1) is 14.7. The quantitative estimate of drug-likeness (QED) is 0.762. The molecule has 0 spiro atoms. The van der Waals surface area contributed by atoms with Gasteiger partial charge in [0.05, 0.1) is 6.04 Å². The number of pyridine rings is 1. The van der Waals surface area contributed by atoms with Gasteiger partial charge < -0.3 is 10.3 Å². The van der Waals surface area contributed by atoms with Crippen molar-refractivity contribution in [1.29, 1.82) is 0 Å². The number of benzene rings is 2. The Kier molecular flexibility index (Phi) is 3.45. The maximum Gasteiger partial charge on any atom is 0.257 e. The summed E-state index contributed by atoms with van der Waals surface area (Å²) < 4.78 is 0. The molecule has 2 N–H and O–H groups in total. The number of H-pyrrole nitrogens is 1. The first-order valence-corrected chi connectivity index (χ1v) is 8.14. The number of para-hydroxylation sites is 1. The number of nitrogens with one attached hydrogen (secondary N) is 2. The lowest BCUT2D eigenvalue weighted by Crippen LogP contribution is -2.33. The fourth-order valence-corrected chi connectivity index (χ4v) is 3.57. The molecule has 0 fully saturated rings. The molecule has 24 heavy (non-hydrogen) atoms. The van der Waals surface area contributed by atoms with E-state index in [0.717, 1.165) is 17.5 Å². The number of aromatic nitrogens is 1. The second-order valence-corrected chi connectivity index (χ2v) is 6.41. The van der Waals surface area contributed by atoms with Gasteiger partial charge in [-0.2, -0.15) is 0 Å². The van der Waals surface area contributed by atoms with Gasteiger partial charge in [0.1, 0.15) is 5.56 Å². The van der Waals surface area contributed by atoms with Crippen molar-refractivity contribution in [3.8, 4) is 0 Å². The molecule has 2 atom stereocenters. The average molecular weight is 318 g/mol. The van der Waals surface area contributed by atoms with Crippen LogP contribution >= 0.6 is 0 Å². The molecular formula is C20H18N2O2. The molecule has 1 aliphatic carbocycles. The summed E-state index contributed by atoms with van der Waals surface area (Å²) in [6, 6.07) is 15.3. The third kappa shape index (κ3) is 2.31. The van der Waals surface area contributed by atoms with Gasteiger partial charge in [0, 0.05) is 17.1 Å². The Balaban J connectivity index is 1.68. The molecule has 4 nitrogen and oxygen atoms in total. The molecule has 1 aromatic heterocycles. The Hall–Kier alpha value is -2.88. The molecule has 0 saturated carbocycles. The van der Waals surface area contributed by atoms with Gasteiger partial charge in [0.15, 0.2) is 0 Å². The molecule has 2 aromatic carbocycles. The van der Waals surface area contributed by atoms with E-state index in [9.17, 15) is 9.59 Å². The van der Waals surface area contributed by atoms with Crippen molar-refractivity contribution in [3.05, 3.63) is 81.6 Å². The number of carbonyl (C=O) groups excluding carboxylic acids is 1. The van der Waals surface area contributed by atoms with Crippen LogP contribution in [0.15, 0.2) is 59.5 Å². The second-order valence-electron chi connectivity index (χ2n) is 6.41. The summed E-state index contributed by atoms with van der Waals surface area (Å²) in [5.74, 6) is -0.0126. The van der Waals surface area contributed by atoms with Gasteiger partial charge in [0.25, 0.3) is 5.91 Å². The van der Waals surface area contributed by atoms with E-state index in [0.29, 0.717) is 11.3 Å². The molecule has 0 saturated heterocycles. The van der Waals surface area contributed by atoms with Crippen molar-refractivity contribution in [2.24, 2.45) is 5.92 Å². The molecule has 0 bridgehead atoms. The van der Waals surface area contributed by atoms with Crippen molar-refractivity contribution in [1.82, 2.24) is 10.3 Å². The summed E-state index contributed by atoms with van der Waals surface area (Å²) >= 11 is 0. The molecule has 3 aromatic rings. The van der Waals surface area contributed by atoms with Gasteiger partial charge >= 0.3 is 0 Å². The van der Waals surface area contributed by atoms with Crippen LogP contribution in [0, 0.1) is 5.92 Å². The second kappa shape index (κ2) is 5.64. The topological polar surface area (TPSA) is 62.0 Å². The minimum Gasteiger partial charge on any atom is -0.360 e. The minimum atomic E-state index is -0.324. The van der Waals surface area contributed by atoms with Crippen LogP contribution in [0.3, 0.4) is 0 Å². The van der Waals surface area contributed by atoms with E-state index in [1.807, 2.05) is 24.3 Å².